The van der Waals surface area contributed by atoms with E-state index < -0.39 is 0 Å². The van der Waals surface area contributed by atoms with Crippen LogP contribution in [0.5, 0.6) is 0 Å². The van der Waals surface area contributed by atoms with Crippen LogP contribution in [0.4, 0.5) is 0 Å². The van der Waals surface area contributed by atoms with E-state index in [9.17, 15) is 0 Å². The molecule has 0 N–H and O–H groups in total. The molecule has 64 valence electrons. The Balaban J connectivity index is 2.86. The van der Waals surface area contributed by atoms with E-state index in [-0.39, 0.29) is 6.04 Å². The van der Waals surface area contributed by atoms with Crippen molar-refractivity contribution in [2.75, 3.05) is 0 Å². The first-order valence-electron chi connectivity index (χ1n) is 3.56. The lowest BCUT2D eigenvalue weighted by molar-refractivity contribution is 0.459. The highest BCUT2D eigenvalue weighted by molar-refractivity contribution is 9.10. The Labute approximate surface area is 78.3 Å². The first-order chi connectivity index (χ1) is 5.77. The molecule has 0 amide bonds. The SMILES string of the molecule is CC[C@H](N=[N+]=[N-])c1cc(Br)co1. The molecule has 1 rings (SSSR count). The van der Waals surface area contributed by atoms with Gasteiger partial charge in [0.05, 0.1) is 10.5 Å². The molecule has 1 atom stereocenters. The molecule has 4 nitrogen and oxygen atoms in total. The Morgan fingerprint density at radius 1 is 1.83 bits per heavy atom. The summed E-state index contributed by atoms with van der Waals surface area (Å²) in [4.78, 5) is 2.74. The van der Waals surface area contributed by atoms with Gasteiger partial charge in [0.1, 0.15) is 12.0 Å². The van der Waals surface area contributed by atoms with Crippen LogP contribution < -0.4 is 0 Å². The van der Waals surface area contributed by atoms with Crippen molar-refractivity contribution in [3.05, 3.63) is 33.0 Å². The fraction of sp³-hybridized carbons (Fsp3) is 0.429. The molecular weight excluding hydrogens is 222 g/mol. The summed E-state index contributed by atoms with van der Waals surface area (Å²) in [6, 6.07) is 1.62. The number of furan rings is 1. The van der Waals surface area contributed by atoms with Gasteiger partial charge in [-0.25, -0.2) is 0 Å². The number of hydrogen-bond acceptors (Lipinski definition) is 2. The normalized spacial score (nSPS) is 12.2. The average Bonchev–Trinajstić information content (AvgIpc) is 2.47. The Bertz CT molecular complexity index is 303. The summed E-state index contributed by atoms with van der Waals surface area (Å²) < 4.78 is 6.02. The fourth-order valence-corrected chi connectivity index (χ4v) is 1.22. The highest BCUT2D eigenvalue weighted by atomic mass is 79.9. The first kappa shape index (κ1) is 9.16. The number of halogens is 1. The van der Waals surface area contributed by atoms with E-state index in [1.807, 2.05) is 13.0 Å². The number of rotatable bonds is 3. The topological polar surface area (TPSA) is 61.9 Å². The lowest BCUT2D eigenvalue weighted by Gasteiger charge is -2.01. The molecule has 0 radical (unpaired) electrons. The lowest BCUT2D eigenvalue weighted by Crippen LogP contribution is -1.88. The van der Waals surface area contributed by atoms with Crippen LogP contribution in [0.2, 0.25) is 0 Å². The molecule has 0 aliphatic carbocycles. The van der Waals surface area contributed by atoms with E-state index >= 15 is 0 Å². The third kappa shape index (κ3) is 2.03. The zero-order valence-corrected chi connectivity index (χ0v) is 8.15. The Kier molecular flexibility index (Phi) is 3.19. The molecule has 12 heavy (non-hydrogen) atoms. The van der Waals surface area contributed by atoms with Crippen LogP contribution in [-0.4, -0.2) is 0 Å². The monoisotopic (exact) mass is 229 g/mol. The van der Waals surface area contributed by atoms with Crippen LogP contribution in [0.15, 0.2) is 26.3 Å². The van der Waals surface area contributed by atoms with Gasteiger partial charge in [0.2, 0.25) is 0 Å². The molecule has 1 heterocycles. The van der Waals surface area contributed by atoms with Gasteiger partial charge in [0, 0.05) is 4.91 Å². The van der Waals surface area contributed by atoms with Gasteiger partial charge in [0.15, 0.2) is 0 Å². The second-order valence-corrected chi connectivity index (χ2v) is 3.21. The summed E-state index contributed by atoms with van der Waals surface area (Å²) >= 11 is 3.25. The minimum absolute atomic E-state index is 0.193. The van der Waals surface area contributed by atoms with Crippen LogP contribution in [0.3, 0.4) is 0 Å². The van der Waals surface area contributed by atoms with Gasteiger partial charge in [-0.1, -0.05) is 12.0 Å². The van der Waals surface area contributed by atoms with Crippen LogP contribution in [-0.2, 0) is 0 Å². The molecule has 0 bridgehead atoms. The van der Waals surface area contributed by atoms with Gasteiger partial charge in [-0.15, -0.1) is 0 Å². The van der Waals surface area contributed by atoms with E-state index in [0.29, 0.717) is 5.76 Å². The average molecular weight is 230 g/mol. The molecule has 1 aromatic rings. The number of azide groups is 1. The summed E-state index contributed by atoms with van der Waals surface area (Å²) in [5.41, 5.74) is 8.24. The van der Waals surface area contributed by atoms with Gasteiger partial charge in [-0.3, -0.25) is 0 Å². The zero-order valence-electron chi connectivity index (χ0n) is 6.57. The highest BCUT2D eigenvalue weighted by Gasteiger charge is 2.10. The third-order valence-corrected chi connectivity index (χ3v) is 1.91. The lowest BCUT2D eigenvalue weighted by atomic mass is 10.2. The number of nitrogens with zero attached hydrogens (tertiary/aromatic N) is 3. The maximum Gasteiger partial charge on any atom is 0.113 e. The van der Waals surface area contributed by atoms with Crippen molar-refractivity contribution in [3.63, 3.8) is 0 Å². The van der Waals surface area contributed by atoms with E-state index in [0.717, 1.165) is 10.9 Å². The van der Waals surface area contributed by atoms with Crippen molar-refractivity contribution >= 4 is 15.9 Å². The Morgan fingerprint density at radius 3 is 3.00 bits per heavy atom. The van der Waals surface area contributed by atoms with Crippen molar-refractivity contribution in [1.29, 1.82) is 0 Å². The second-order valence-electron chi connectivity index (χ2n) is 2.30. The van der Waals surface area contributed by atoms with Gasteiger partial charge in [-0.05, 0) is 33.9 Å². The van der Waals surface area contributed by atoms with E-state index in [1.165, 1.54) is 0 Å². The standard InChI is InChI=1S/C7H8BrN3O/c1-2-6(10-11-9)7-3-5(8)4-12-7/h3-4,6H,2H2,1H3/t6-/m0/s1. The molecule has 0 saturated heterocycles. The predicted octanol–water partition coefficient (Wildman–Crippen LogP) is 3.80. The summed E-state index contributed by atoms with van der Waals surface area (Å²) in [6.45, 7) is 1.94. The minimum Gasteiger partial charge on any atom is -0.468 e. The molecule has 0 saturated carbocycles. The van der Waals surface area contributed by atoms with Crippen molar-refractivity contribution in [1.82, 2.24) is 0 Å². The molecule has 5 heteroatoms. The van der Waals surface area contributed by atoms with E-state index in [1.54, 1.807) is 6.26 Å². The molecule has 1 aromatic heterocycles. The quantitative estimate of drug-likeness (QED) is 0.442. The van der Waals surface area contributed by atoms with Crippen LogP contribution in [0.25, 0.3) is 10.4 Å². The maximum absolute atomic E-state index is 8.24. The molecule has 0 unspecified atom stereocenters. The Hall–Kier alpha value is -0.930. The summed E-state index contributed by atoms with van der Waals surface area (Å²) in [7, 11) is 0. The Morgan fingerprint density at radius 2 is 2.58 bits per heavy atom. The third-order valence-electron chi connectivity index (χ3n) is 1.49. The van der Waals surface area contributed by atoms with Gasteiger partial charge < -0.3 is 4.42 Å². The highest BCUT2D eigenvalue weighted by Crippen LogP contribution is 2.25. The molecule has 0 spiro atoms. The summed E-state index contributed by atoms with van der Waals surface area (Å²) in [5, 5.41) is 3.59. The van der Waals surface area contributed by atoms with Gasteiger partial charge >= 0.3 is 0 Å². The minimum atomic E-state index is -0.193. The molecule has 0 fully saturated rings. The van der Waals surface area contributed by atoms with Crippen LogP contribution in [0, 0.1) is 0 Å². The molecular formula is C7H8BrN3O. The van der Waals surface area contributed by atoms with E-state index in [4.69, 9.17) is 9.95 Å². The second kappa shape index (κ2) is 4.18. The summed E-state index contributed by atoms with van der Waals surface area (Å²) in [6.07, 6.45) is 2.31. The van der Waals surface area contributed by atoms with E-state index in [2.05, 4.69) is 26.0 Å². The molecule has 0 aliphatic heterocycles. The fourth-order valence-electron chi connectivity index (χ4n) is 0.905. The zero-order chi connectivity index (χ0) is 8.97. The molecule has 0 aliphatic rings. The van der Waals surface area contributed by atoms with Crippen molar-refractivity contribution < 1.29 is 4.42 Å². The maximum atomic E-state index is 8.24. The predicted molar refractivity (Wildman–Crippen MR) is 48.6 cm³/mol. The van der Waals surface area contributed by atoms with Crippen molar-refractivity contribution in [2.24, 2.45) is 5.11 Å². The van der Waals surface area contributed by atoms with Crippen molar-refractivity contribution in [3.8, 4) is 0 Å². The smallest absolute Gasteiger partial charge is 0.113 e. The van der Waals surface area contributed by atoms with Crippen LogP contribution >= 0.6 is 15.9 Å². The number of hydrogen-bond donors (Lipinski definition) is 0. The van der Waals surface area contributed by atoms with Gasteiger partial charge in [-0.2, -0.15) is 0 Å². The summed E-state index contributed by atoms with van der Waals surface area (Å²) in [5.74, 6) is 0.696. The van der Waals surface area contributed by atoms with Crippen LogP contribution in [0.1, 0.15) is 25.1 Å². The van der Waals surface area contributed by atoms with Gasteiger partial charge in [0.25, 0.3) is 0 Å². The molecule has 0 aromatic carbocycles. The van der Waals surface area contributed by atoms with Crippen molar-refractivity contribution in [2.45, 2.75) is 19.4 Å². The first-order valence-corrected chi connectivity index (χ1v) is 4.35. The largest absolute Gasteiger partial charge is 0.468 e.